The molecule has 2 unspecified atom stereocenters. The molecule has 1 saturated heterocycles. The fourth-order valence-electron chi connectivity index (χ4n) is 3.60. The van der Waals surface area contributed by atoms with Gasteiger partial charge in [0.1, 0.15) is 17.5 Å². The van der Waals surface area contributed by atoms with Crippen molar-refractivity contribution in [3.63, 3.8) is 0 Å². The van der Waals surface area contributed by atoms with E-state index in [4.69, 9.17) is 10.5 Å². The highest BCUT2D eigenvalue weighted by atomic mass is 16.5. The molecule has 0 spiro atoms. The molecular formula is C20H26N8O. The van der Waals surface area contributed by atoms with Crippen molar-refractivity contribution in [2.75, 3.05) is 19.3 Å². The van der Waals surface area contributed by atoms with Crippen molar-refractivity contribution in [1.82, 2.24) is 35.3 Å². The summed E-state index contributed by atoms with van der Waals surface area (Å²) >= 11 is 0. The van der Waals surface area contributed by atoms with Gasteiger partial charge >= 0.3 is 0 Å². The zero-order valence-electron chi connectivity index (χ0n) is 17.1. The van der Waals surface area contributed by atoms with Crippen LogP contribution >= 0.6 is 0 Å². The van der Waals surface area contributed by atoms with Crippen LogP contribution in [0.2, 0.25) is 0 Å². The van der Waals surface area contributed by atoms with Crippen LogP contribution < -0.4 is 10.5 Å². The number of ether oxygens (including phenoxy) is 1. The van der Waals surface area contributed by atoms with E-state index in [-0.39, 0.29) is 11.6 Å². The van der Waals surface area contributed by atoms with Gasteiger partial charge in [0, 0.05) is 30.3 Å². The Morgan fingerprint density at radius 1 is 1.24 bits per heavy atom. The maximum absolute atomic E-state index is 6.18. The first-order valence-corrected chi connectivity index (χ1v) is 9.70. The number of nitrogens with zero attached hydrogens (tertiary/aromatic N) is 6. The molecule has 2 atom stereocenters. The standard InChI is InChI=1S/C20H26N8O/c1-12-16(7-8-28(4)20(12,2)3)29-17-6-5-15(26-27-17)18-14(21)11-22-19(25-18)13-9-23-24-10-13/h5-6,9-12,16H,7-8,21H2,1-4H3,(H,23,24). The maximum Gasteiger partial charge on any atom is 0.233 e. The van der Waals surface area contributed by atoms with Crippen molar-refractivity contribution in [2.45, 2.75) is 38.8 Å². The first kappa shape index (κ1) is 19.3. The first-order chi connectivity index (χ1) is 13.9. The number of piperidine rings is 1. The van der Waals surface area contributed by atoms with Crippen LogP contribution in [0.4, 0.5) is 5.69 Å². The first-order valence-electron chi connectivity index (χ1n) is 9.70. The average Bonchev–Trinajstić information content (AvgIpc) is 3.25. The highest BCUT2D eigenvalue weighted by Crippen LogP contribution is 2.34. The molecule has 0 aliphatic carbocycles. The largest absolute Gasteiger partial charge is 0.473 e. The van der Waals surface area contributed by atoms with Gasteiger partial charge in [-0.3, -0.25) is 5.10 Å². The molecule has 0 amide bonds. The lowest BCUT2D eigenvalue weighted by atomic mass is 9.79. The summed E-state index contributed by atoms with van der Waals surface area (Å²) in [5, 5.41) is 15.2. The monoisotopic (exact) mass is 394 g/mol. The van der Waals surface area contributed by atoms with Gasteiger partial charge in [-0.25, -0.2) is 9.97 Å². The van der Waals surface area contributed by atoms with Gasteiger partial charge in [0.05, 0.1) is 23.6 Å². The number of likely N-dealkylation sites (tertiary alicyclic amines) is 1. The SMILES string of the molecule is CC1C(Oc2ccc(-c3nc(-c4cn[nH]c4)ncc3N)nn2)CCN(C)C1(C)C. The number of anilines is 1. The minimum absolute atomic E-state index is 0.0647. The van der Waals surface area contributed by atoms with Gasteiger partial charge in [0.15, 0.2) is 5.82 Å². The van der Waals surface area contributed by atoms with Gasteiger partial charge < -0.3 is 15.4 Å². The normalized spacial score (nSPS) is 21.8. The van der Waals surface area contributed by atoms with Crippen molar-refractivity contribution >= 4 is 5.69 Å². The molecule has 4 rings (SSSR count). The molecule has 152 valence electrons. The van der Waals surface area contributed by atoms with Crippen molar-refractivity contribution in [3.05, 3.63) is 30.7 Å². The Labute approximate surface area is 169 Å². The highest BCUT2D eigenvalue weighted by Gasteiger charge is 2.40. The van der Waals surface area contributed by atoms with E-state index in [1.54, 1.807) is 18.6 Å². The number of hydrogen-bond acceptors (Lipinski definition) is 8. The number of hydrogen-bond donors (Lipinski definition) is 2. The third kappa shape index (κ3) is 3.65. The van der Waals surface area contributed by atoms with Crippen LogP contribution in [0, 0.1) is 5.92 Å². The van der Waals surface area contributed by atoms with Crippen LogP contribution in [0.25, 0.3) is 22.8 Å². The lowest BCUT2D eigenvalue weighted by Gasteiger charge is -2.48. The van der Waals surface area contributed by atoms with Gasteiger partial charge in [-0.1, -0.05) is 6.92 Å². The summed E-state index contributed by atoms with van der Waals surface area (Å²) in [5.41, 5.74) is 8.45. The third-order valence-corrected chi connectivity index (χ3v) is 6.13. The van der Waals surface area contributed by atoms with E-state index >= 15 is 0 Å². The third-order valence-electron chi connectivity index (χ3n) is 6.13. The molecule has 9 heteroatoms. The van der Waals surface area contributed by atoms with E-state index in [1.807, 2.05) is 12.1 Å². The molecule has 1 fully saturated rings. The highest BCUT2D eigenvalue weighted by molar-refractivity contribution is 5.71. The molecular weight excluding hydrogens is 368 g/mol. The topological polar surface area (TPSA) is 119 Å². The molecule has 29 heavy (non-hydrogen) atoms. The minimum Gasteiger partial charge on any atom is -0.473 e. The lowest BCUT2D eigenvalue weighted by Crippen LogP contribution is -2.56. The quantitative estimate of drug-likeness (QED) is 0.692. The van der Waals surface area contributed by atoms with Crippen molar-refractivity contribution in [1.29, 1.82) is 0 Å². The lowest BCUT2D eigenvalue weighted by molar-refractivity contribution is -0.0301. The summed E-state index contributed by atoms with van der Waals surface area (Å²) in [7, 11) is 2.16. The summed E-state index contributed by atoms with van der Waals surface area (Å²) in [6, 6.07) is 3.64. The summed E-state index contributed by atoms with van der Waals surface area (Å²) < 4.78 is 6.18. The molecule has 0 radical (unpaired) electrons. The Kier molecular flexibility index (Phi) is 4.91. The smallest absolute Gasteiger partial charge is 0.233 e. The number of nitrogens with two attached hydrogens (primary N) is 1. The number of H-pyrrole nitrogens is 1. The second-order valence-electron chi connectivity index (χ2n) is 8.05. The summed E-state index contributed by atoms with van der Waals surface area (Å²) in [5.74, 6) is 1.39. The van der Waals surface area contributed by atoms with Crippen molar-refractivity contribution in [2.24, 2.45) is 5.92 Å². The Morgan fingerprint density at radius 3 is 2.76 bits per heavy atom. The average molecular weight is 394 g/mol. The van der Waals surface area contributed by atoms with Gasteiger partial charge in [0.2, 0.25) is 5.88 Å². The number of rotatable bonds is 4. The van der Waals surface area contributed by atoms with Crippen molar-refractivity contribution < 1.29 is 4.74 Å². The molecule has 4 heterocycles. The molecule has 1 aliphatic heterocycles. The Morgan fingerprint density at radius 2 is 2.07 bits per heavy atom. The number of aromatic amines is 1. The van der Waals surface area contributed by atoms with Crippen LogP contribution in [0.5, 0.6) is 5.88 Å². The van der Waals surface area contributed by atoms with Crippen LogP contribution in [0.1, 0.15) is 27.2 Å². The van der Waals surface area contributed by atoms with Crippen LogP contribution in [0.3, 0.4) is 0 Å². The van der Waals surface area contributed by atoms with Gasteiger partial charge in [-0.05, 0) is 33.4 Å². The molecule has 3 aromatic heterocycles. The molecule has 0 bridgehead atoms. The maximum atomic E-state index is 6.18. The van der Waals surface area contributed by atoms with E-state index in [1.165, 1.54) is 0 Å². The van der Waals surface area contributed by atoms with Crippen LogP contribution in [-0.2, 0) is 0 Å². The molecule has 9 nitrogen and oxygen atoms in total. The summed E-state index contributed by atoms with van der Waals surface area (Å²) in [4.78, 5) is 11.2. The number of nitrogen functional groups attached to an aromatic ring is 1. The molecule has 1 aliphatic rings. The number of nitrogens with one attached hydrogen (secondary N) is 1. The fourth-order valence-corrected chi connectivity index (χ4v) is 3.60. The van der Waals surface area contributed by atoms with Crippen LogP contribution in [0.15, 0.2) is 30.7 Å². The fraction of sp³-hybridized carbons (Fsp3) is 0.450. The molecule has 3 aromatic rings. The zero-order valence-corrected chi connectivity index (χ0v) is 17.1. The minimum atomic E-state index is 0.0647. The second-order valence-corrected chi connectivity index (χ2v) is 8.05. The van der Waals surface area contributed by atoms with Crippen molar-refractivity contribution in [3.8, 4) is 28.7 Å². The Bertz CT molecular complexity index is 971. The van der Waals surface area contributed by atoms with E-state index in [2.05, 4.69) is 63.1 Å². The molecule has 0 aromatic carbocycles. The predicted molar refractivity (Wildman–Crippen MR) is 110 cm³/mol. The Balaban J connectivity index is 1.54. The van der Waals surface area contributed by atoms with E-state index < -0.39 is 0 Å². The van der Waals surface area contributed by atoms with Gasteiger partial charge in [-0.2, -0.15) is 5.10 Å². The van der Waals surface area contributed by atoms with E-state index in [9.17, 15) is 0 Å². The molecule has 3 N–H and O–H groups in total. The van der Waals surface area contributed by atoms with Crippen LogP contribution in [-0.4, -0.2) is 60.5 Å². The summed E-state index contributed by atoms with van der Waals surface area (Å²) in [6.07, 6.45) is 6.00. The van der Waals surface area contributed by atoms with Gasteiger partial charge in [0.25, 0.3) is 0 Å². The predicted octanol–water partition coefficient (Wildman–Crippen LogP) is 2.40. The second kappa shape index (κ2) is 7.40. The Hall–Kier alpha value is -3.07. The van der Waals surface area contributed by atoms with Gasteiger partial charge in [-0.15, -0.1) is 10.2 Å². The number of aromatic nitrogens is 6. The molecule has 0 saturated carbocycles. The summed E-state index contributed by atoms with van der Waals surface area (Å²) in [6.45, 7) is 7.71. The van der Waals surface area contributed by atoms with E-state index in [0.717, 1.165) is 18.5 Å². The van der Waals surface area contributed by atoms with E-state index in [0.29, 0.717) is 34.7 Å². The zero-order chi connectivity index (χ0) is 20.6.